The Morgan fingerprint density at radius 2 is 1.81 bits per heavy atom. The number of carbonyl (C=O) groups excluding carboxylic acids is 1. The first-order valence-corrected chi connectivity index (χ1v) is 10.7. The van der Waals surface area contributed by atoms with E-state index in [2.05, 4.69) is 39.3 Å². The molecule has 7 heteroatoms. The first-order valence-electron chi connectivity index (χ1n) is 10.7. The fourth-order valence-corrected chi connectivity index (χ4v) is 3.69. The predicted octanol–water partition coefficient (Wildman–Crippen LogP) is 4.37. The molecule has 7 nitrogen and oxygen atoms in total. The molecule has 1 atom stereocenters. The number of esters is 1. The zero-order valence-corrected chi connectivity index (χ0v) is 18.3. The van der Waals surface area contributed by atoms with E-state index in [1.807, 2.05) is 37.3 Å². The molecule has 2 aromatic heterocycles. The second-order valence-electron chi connectivity index (χ2n) is 7.68. The van der Waals surface area contributed by atoms with Gasteiger partial charge in [0, 0.05) is 12.0 Å². The summed E-state index contributed by atoms with van der Waals surface area (Å²) in [6.45, 7) is 1.97. The number of aryl methyl sites for hydroxylation is 3. The van der Waals surface area contributed by atoms with Crippen molar-refractivity contribution in [1.82, 2.24) is 19.7 Å². The maximum absolute atomic E-state index is 12.2. The van der Waals surface area contributed by atoms with E-state index in [1.54, 1.807) is 0 Å². The van der Waals surface area contributed by atoms with Crippen molar-refractivity contribution in [3.05, 3.63) is 89.8 Å². The lowest BCUT2D eigenvalue weighted by molar-refractivity contribution is -0.144. The largest absolute Gasteiger partial charge is 0.467 e. The topological polar surface area (TPSA) is 83.0 Å². The van der Waals surface area contributed by atoms with Crippen molar-refractivity contribution in [3.63, 3.8) is 0 Å². The van der Waals surface area contributed by atoms with Gasteiger partial charge in [-0.05, 0) is 49.4 Å². The van der Waals surface area contributed by atoms with Gasteiger partial charge in [0.2, 0.25) is 5.89 Å². The number of hydrogen-bond acceptors (Lipinski definition) is 6. The second-order valence-corrected chi connectivity index (χ2v) is 7.68. The molecule has 0 N–H and O–H groups in total. The van der Waals surface area contributed by atoms with Crippen LogP contribution in [-0.2, 0) is 28.8 Å². The van der Waals surface area contributed by atoms with Crippen molar-refractivity contribution in [2.24, 2.45) is 0 Å². The molecule has 4 aromatic rings. The van der Waals surface area contributed by atoms with E-state index in [4.69, 9.17) is 9.15 Å². The van der Waals surface area contributed by atoms with Gasteiger partial charge in [-0.25, -0.2) is 19.4 Å². The van der Waals surface area contributed by atoms with E-state index in [1.165, 1.54) is 30.0 Å². The van der Waals surface area contributed by atoms with Crippen LogP contribution in [0.3, 0.4) is 0 Å². The Labute approximate surface area is 187 Å². The maximum atomic E-state index is 12.2. The average molecular weight is 431 g/mol. The van der Waals surface area contributed by atoms with Crippen molar-refractivity contribution >= 4 is 5.97 Å². The number of ether oxygens (including phenoxy) is 1. The zero-order valence-electron chi connectivity index (χ0n) is 18.3. The Kier molecular flexibility index (Phi) is 6.75. The summed E-state index contributed by atoms with van der Waals surface area (Å²) < 4.78 is 12.3. The number of aromatic nitrogens is 4. The summed E-state index contributed by atoms with van der Waals surface area (Å²) in [6, 6.07) is 17.8. The fraction of sp³-hybridized carbons (Fsp3) is 0.280. The molecule has 32 heavy (non-hydrogen) atoms. The number of carbonyl (C=O) groups is 1. The lowest BCUT2D eigenvalue weighted by Crippen LogP contribution is -2.23. The highest BCUT2D eigenvalue weighted by Gasteiger charge is 2.22. The Balaban J connectivity index is 1.33. The fourth-order valence-electron chi connectivity index (χ4n) is 3.69. The SMILES string of the molecule is COC(=O)C(Cc1ccc(CCCc2nc(-c3ccccc3)oc2C)cc1)n1cncn1. The number of methoxy groups -OCH3 is 1. The first kappa shape index (κ1) is 21.5. The van der Waals surface area contributed by atoms with Crippen LogP contribution in [0.25, 0.3) is 11.5 Å². The van der Waals surface area contributed by atoms with Crippen LogP contribution < -0.4 is 0 Å². The van der Waals surface area contributed by atoms with Gasteiger partial charge in [0.05, 0.1) is 12.8 Å². The second kappa shape index (κ2) is 10.0. The minimum Gasteiger partial charge on any atom is -0.467 e. The van der Waals surface area contributed by atoms with Crippen LogP contribution in [0.5, 0.6) is 0 Å². The summed E-state index contributed by atoms with van der Waals surface area (Å²) in [5.74, 6) is 1.22. The van der Waals surface area contributed by atoms with E-state index in [0.29, 0.717) is 12.3 Å². The molecule has 0 aliphatic rings. The molecular formula is C25H26N4O3. The van der Waals surface area contributed by atoms with Crippen LogP contribution in [0.1, 0.15) is 35.0 Å². The number of rotatable bonds is 9. The van der Waals surface area contributed by atoms with Gasteiger partial charge in [0.1, 0.15) is 18.4 Å². The molecule has 0 aliphatic heterocycles. The van der Waals surface area contributed by atoms with Crippen LogP contribution >= 0.6 is 0 Å². The molecule has 0 amide bonds. The third-order valence-electron chi connectivity index (χ3n) is 5.47. The van der Waals surface area contributed by atoms with Crippen LogP contribution in [0.4, 0.5) is 0 Å². The van der Waals surface area contributed by atoms with E-state index < -0.39 is 6.04 Å². The minimum absolute atomic E-state index is 0.336. The molecular weight excluding hydrogens is 404 g/mol. The first-order chi connectivity index (χ1) is 15.6. The summed E-state index contributed by atoms with van der Waals surface area (Å²) in [5, 5.41) is 4.09. The summed E-state index contributed by atoms with van der Waals surface area (Å²) in [4.78, 5) is 20.8. The number of hydrogen-bond donors (Lipinski definition) is 0. The van der Waals surface area contributed by atoms with Crippen molar-refractivity contribution < 1.29 is 13.9 Å². The molecule has 0 saturated heterocycles. The quantitative estimate of drug-likeness (QED) is 0.367. The summed E-state index contributed by atoms with van der Waals surface area (Å²) in [7, 11) is 1.38. The monoisotopic (exact) mass is 430 g/mol. The lowest BCUT2D eigenvalue weighted by atomic mass is 10.0. The molecule has 0 aliphatic carbocycles. The molecule has 4 rings (SSSR count). The van der Waals surface area contributed by atoms with E-state index in [0.717, 1.165) is 41.8 Å². The summed E-state index contributed by atoms with van der Waals surface area (Å²) >= 11 is 0. The van der Waals surface area contributed by atoms with Crippen LogP contribution in [0.15, 0.2) is 71.7 Å². The molecule has 2 heterocycles. The molecule has 1 unspecified atom stereocenters. The lowest BCUT2D eigenvalue weighted by Gasteiger charge is -2.15. The molecule has 0 radical (unpaired) electrons. The Bertz CT molecular complexity index is 1140. The van der Waals surface area contributed by atoms with Crippen molar-refractivity contribution in [2.75, 3.05) is 7.11 Å². The predicted molar refractivity (Wildman–Crippen MR) is 120 cm³/mol. The Hall–Kier alpha value is -3.74. The number of oxazole rings is 1. The van der Waals surface area contributed by atoms with E-state index in [-0.39, 0.29) is 5.97 Å². The van der Waals surface area contributed by atoms with Gasteiger partial charge < -0.3 is 9.15 Å². The number of nitrogens with zero attached hydrogens (tertiary/aromatic N) is 4. The maximum Gasteiger partial charge on any atom is 0.331 e. The number of benzene rings is 2. The summed E-state index contributed by atoms with van der Waals surface area (Å²) in [5.41, 5.74) is 4.29. The van der Waals surface area contributed by atoms with Crippen LogP contribution in [-0.4, -0.2) is 32.8 Å². The Morgan fingerprint density at radius 3 is 2.50 bits per heavy atom. The zero-order chi connectivity index (χ0) is 22.3. The van der Waals surface area contributed by atoms with Gasteiger partial charge in [-0.3, -0.25) is 0 Å². The standard InChI is InChI=1S/C25H26N4O3/c1-18-22(28-24(32-18)21-8-4-3-5-9-21)10-6-7-19-11-13-20(14-12-19)15-23(25(30)31-2)29-17-26-16-27-29/h3-5,8-9,11-14,16-17,23H,6-7,10,15H2,1-2H3. The molecule has 2 aromatic carbocycles. The van der Waals surface area contributed by atoms with Gasteiger partial charge in [-0.15, -0.1) is 0 Å². The molecule has 0 bridgehead atoms. The molecule has 164 valence electrons. The third kappa shape index (κ3) is 5.11. The Morgan fingerprint density at radius 1 is 1.06 bits per heavy atom. The third-order valence-corrected chi connectivity index (χ3v) is 5.47. The molecule has 0 spiro atoms. The van der Waals surface area contributed by atoms with Crippen molar-refractivity contribution in [3.8, 4) is 11.5 Å². The van der Waals surface area contributed by atoms with Gasteiger partial charge in [-0.1, -0.05) is 42.5 Å². The molecule has 0 saturated carbocycles. The highest BCUT2D eigenvalue weighted by atomic mass is 16.5. The summed E-state index contributed by atoms with van der Waals surface area (Å²) in [6.07, 6.45) is 6.22. The highest BCUT2D eigenvalue weighted by Crippen LogP contribution is 2.23. The molecule has 0 fully saturated rings. The van der Waals surface area contributed by atoms with Crippen molar-refractivity contribution in [1.29, 1.82) is 0 Å². The van der Waals surface area contributed by atoms with Gasteiger partial charge >= 0.3 is 5.97 Å². The van der Waals surface area contributed by atoms with Gasteiger partial charge in [0.25, 0.3) is 0 Å². The van der Waals surface area contributed by atoms with Gasteiger partial charge in [0.15, 0.2) is 6.04 Å². The highest BCUT2D eigenvalue weighted by molar-refractivity contribution is 5.74. The van der Waals surface area contributed by atoms with Gasteiger partial charge in [-0.2, -0.15) is 5.10 Å². The smallest absolute Gasteiger partial charge is 0.331 e. The van der Waals surface area contributed by atoms with Crippen LogP contribution in [0.2, 0.25) is 0 Å². The van der Waals surface area contributed by atoms with Crippen LogP contribution in [0, 0.1) is 6.92 Å². The van der Waals surface area contributed by atoms with E-state index in [9.17, 15) is 4.79 Å². The van der Waals surface area contributed by atoms with E-state index >= 15 is 0 Å². The van der Waals surface area contributed by atoms with Crippen molar-refractivity contribution in [2.45, 2.75) is 38.6 Å². The minimum atomic E-state index is -0.526. The normalized spacial score (nSPS) is 11.9. The average Bonchev–Trinajstić information content (AvgIpc) is 3.49.